The molecular formula is C13H19ClN2O2S2. The van der Waals surface area contributed by atoms with Gasteiger partial charge in [-0.2, -0.15) is 11.8 Å². The highest BCUT2D eigenvalue weighted by molar-refractivity contribution is 8.00. The number of nitrogens with zero attached hydrogens (tertiary/aromatic N) is 1. The summed E-state index contributed by atoms with van der Waals surface area (Å²) in [5.41, 5.74) is 0.997. The molecule has 1 saturated heterocycles. The zero-order valence-corrected chi connectivity index (χ0v) is 13.8. The van der Waals surface area contributed by atoms with Gasteiger partial charge in [0.1, 0.15) is 5.37 Å². The number of halogens is 1. The molecule has 1 aromatic carbocycles. The molecule has 112 valence electrons. The molecule has 1 N–H and O–H groups in total. The number of benzene rings is 1. The second-order valence-electron chi connectivity index (χ2n) is 4.83. The summed E-state index contributed by atoms with van der Waals surface area (Å²) < 4.78 is 23.6. The Hall–Kier alpha value is -0.430. The molecule has 4 nitrogen and oxygen atoms in total. The Bertz CT molecular complexity index is 534. The van der Waals surface area contributed by atoms with Crippen molar-refractivity contribution in [2.45, 2.75) is 5.37 Å². The van der Waals surface area contributed by atoms with Crippen molar-refractivity contribution >= 4 is 38.9 Å². The van der Waals surface area contributed by atoms with Crippen LogP contribution in [0.15, 0.2) is 24.3 Å². The SMILES string of the molecule is CS(=O)(=O)C1CSCCN1CCNc1ccc(Cl)cc1. The van der Waals surface area contributed by atoms with Crippen LogP contribution in [0.3, 0.4) is 0 Å². The first-order valence-electron chi connectivity index (χ1n) is 6.47. The summed E-state index contributed by atoms with van der Waals surface area (Å²) in [7, 11) is -3.02. The van der Waals surface area contributed by atoms with E-state index in [1.807, 2.05) is 24.3 Å². The highest BCUT2D eigenvalue weighted by atomic mass is 35.5. The summed E-state index contributed by atoms with van der Waals surface area (Å²) in [6, 6.07) is 7.51. The predicted molar refractivity (Wildman–Crippen MR) is 87.5 cm³/mol. The van der Waals surface area contributed by atoms with E-state index in [4.69, 9.17) is 11.6 Å². The minimum absolute atomic E-state index is 0.353. The lowest BCUT2D eigenvalue weighted by molar-refractivity contribution is 0.281. The molecule has 0 bridgehead atoms. The van der Waals surface area contributed by atoms with Crippen LogP contribution in [-0.4, -0.2) is 56.1 Å². The van der Waals surface area contributed by atoms with E-state index < -0.39 is 9.84 Å². The van der Waals surface area contributed by atoms with E-state index in [2.05, 4.69) is 10.2 Å². The number of nitrogens with one attached hydrogen (secondary N) is 1. The molecule has 1 fully saturated rings. The summed E-state index contributed by atoms with van der Waals surface area (Å²) >= 11 is 7.54. The van der Waals surface area contributed by atoms with Crippen LogP contribution in [0.25, 0.3) is 0 Å². The van der Waals surface area contributed by atoms with Crippen molar-refractivity contribution in [2.75, 3.05) is 42.7 Å². The van der Waals surface area contributed by atoms with Gasteiger partial charge in [-0.25, -0.2) is 8.42 Å². The van der Waals surface area contributed by atoms with Gasteiger partial charge < -0.3 is 5.32 Å². The average molecular weight is 335 g/mol. The number of hydrogen-bond acceptors (Lipinski definition) is 5. The topological polar surface area (TPSA) is 49.4 Å². The normalized spacial score (nSPS) is 20.8. The first-order valence-corrected chi connectivity index (χ1v) is 9.95. The first kappa shape index (κ1) is 15.9. The van der Waals surface area contributed by atoms with Crippen molar-refractivity contribution in [2.24, 2.45) is 0 Å². The van der Waals surface area contributed by atoms with Crippen molar-refractivity contribution in [1.29, 1.82) is 0 Å². The Kier molecular flexibility index (Phi) is 5.60. The Balaban J connectivity index is 1.87. The van der Waals surface area contributed by atoms with E-state index >= 15 is 0 Å². The summed E-state index contributed by atoms with van der Waals surface area (Å²) in [5, 5.41) is 3.64. The van der Waals surface area contributed by atoms with Crippen LogP contribution in [-0.2, 0) is 9.84 Å². The third-order valence-corrected chi connectivity index (χ3v) is 6.20. The highest BCUT2D eigenvalue weighted by Crippen LogP contribution is 2.20. The molecule has 7 heteroatoms. The van der Waals surface area contributed by atoms with Crippen LogP contribution in [0.5, 0.6) is 0 Å². The van der Waals surface area contributed by atoms with Crippen molar-refractivity contribution < 1.29 is 8.42 Å². The van der Waals surface area contributed by atoms with Crippen LogP contribution in [0.4, 0.5) is 5.69 Å². The van der Waals surface area contributed by atoms with Gasteiger partial charge in [0, 0.05) is 48.1 Å². The molecule has 1 aliphatic rings. The van der Waals surface area contributed by atoms with E-state index in [0.29, 0.717) is 10.8 Å². The van der Waals surface area contributed by atoms with Crippen LogP contribution >= 0.6 is 23.4 Å². The molecule has 0 radical (unpaired) electrons. The molecule has 1 heterocycles. The maximum Gasteiger partial charge on any atom is 0.164 e. The van der Waals surface area contributed by atoms with Crippen molar-refractivity contribution in [3.8, 4) is 0 Å². The molecule has 0 amide bonds. The van der Waals surface area contributed by atoms with Crippen LogP contribution < -0.4 is 5.32 Å². The lowest BCUT2D eigenvalue weighted by Gasteiger charge is -2.34. The molecule has 0 spiro atoms. The zero-order valence-electron chi connectivity index (χ0n) is 11.4. The van der Waals surface area contributed by atoms with Gasteiger partial charge in [-0.1, -0.05) is 11.6 Å². The standard InChI is InChI=1S/C13H19ClN2O2S2/c1-20(17,18)13-10-19-9-8-16(13)7-6-15-12-4-2-11(14)3-5-12/h2-5,13,15H,6-10H2,1H3. The maximum absolute atomic E-state index is 11.8. The van der Waals surface area contributed by atoms with Gasteiger partial charge in [0.2, 0.25) is 0 Å². The number of sulfone groups is 1. The van der Waals surface area contributed by atoms with E-state index in [9.17, 15) is 8.42 Å². The Morgan fingerprint density at radius 2 is 2.10 bits per heavy atom. The predicted octanol–water partition coefficient (Wildman–Crippen LogP) is 2.17. The Morgan fingerprint density at radius 3 is 2.75 bits per heavy atom. The second kappa shape index (κ2) is 7.02. The van der Waals surface area contributed by atoms with E-state index in [-0.39, 0.29) is 5.37 Å². The maximum atomic E-state index is 11.8. The molecule has 1 aromatic rings. The summed E-state index contributed by atoms with van der Waals surface area (Å²) in [6.07, 6.45) is 1.32. The van der Waals surface area contributed by atoms with E-state index in [0.717, 1.165) is 31.1 Å². The summed E-state index contributed by atoms with van der Waals surface area (Å²) in [5.74, 6) is 1.66. The fourth-order valence-electron chi connectivity index (χ4n) is 2.18. The largest absolute Gasteiger partial charge is 0.384 e. The van der Waals surface area contributed by atoms with Gasteiger partial charge in [0.25, 0.3) is 0 Å². The highest BCUT2D eigenvalue weighted by Gasteiger charge is 2.30. The number of anilines is 1. The minimum Gasteiger partial charge on any atom is -0.384 e. The average Bonchev–Trinajstić information content (AvgIpc) is 2.40. The monoisotopic (exact) mass is 334 g/mol. The van der Waals surface area contributed by atoms with Crippen LogP contribution in [0.1, 0.15) is 0 Å². The van der Waals surface area contributed by atoms with Gasteiger partial charge in [-0.05, 0) is 24.3 Å². The lowest BCUT2D eigenvalue weighted by atomic mass is 10.3. The van der Waals surface area contributed by atoms with Gasteiger partial charge in [-0.15, -0.1) is 0 Å². The second-order valence-corrected chi connectivity index (χ2v) is 8.62. The zero-order chi connectivity index (χ0) is 14.6. The molecule has 1 atom stereocenters. The number of thioether (sulfide) groups is 1. The number of rotatable bonds is 5. The fraction of sp³-hybridized carbons (Fsp3) is 0.538. The molecule has 0 saturated carbocycles. The van der Waals surface area contributed by atoms with E-state index in [1.165, 1.54) is 6.26 Å². The van der Waals surface area contributed by atoms with Gasteiger partial charge in [0.05, 0.1) is 0 Å². The van der Waals surface area contributed by atoms with E-state index in [1.54, 1.807) is 11.8 Å². The minimum atomic E-state index is -3.02. The quantitative estimate of drug-likeness (QED) is 0.894. The van der Waals surface area contributed by atoms with Crippen LogP contribution in [0.2, 0.25) is 5.02 Å². The lowest BCUT2D eigenvalue weighted by Crippen LogP contribution is -2.48. The first-order chi connectivity index (χ1) is 9.47. The van der Waals surface area contributed by atoms with Gasteiger partial charge >= 0.3 is 0 Å². The van der Waals surface area contributed by atoms with Crippen LogP contribution in [0, 0.1) is 0 Å². The molecular weight excluding hydrogens is 316 g/mol. The van der Waals surface area contributed by atoms with Crippen molar-refractivity contribution in [3.05, 3.63) is 29.3 Å². The third-order valence-electron chi connectivity index (χ3n) is 3.26. The Morgan fingerprint density at radius 1 is 1.40 bits per heavy atom. The number of hydrogen-bond donors (Lipinski definition) is 1. The molecule has 1 aliphatic heterocycles. The summed E-state index contributed by atoms with van der Waals surface area (Å²) in [4.78, 5) is 2.05. The smallest absolute Gasteiger partial charge is 0.164 e. The molecule has 20 heavy (non-hydrogen) atoms. The molecule has 2 rings (SSSR count). The van der Waals surface area contributed by atoms with Crippen molar-refractivity contribution in [1.82, 2.24) is 4.90 Å². The third kappa shape index (κ3) is 4.55. The fourth-order valence-corrected chi connectivity index (χ4v) is 5.28. The summed E-state index contributed by atoms with van der Waals surface area (Å²) in [6.45, 7) is 2.27. The Labute approximate surface area is 129 Å². The molecule has 0 aromatic heterocycles. The molecule has 1 unspecified atom stereocenters. The van der Waals surface area contributed by atoms with Gasteiger partial charge in [-0.3, -0.25) is 4.90 Å². The molecule has 0 aliphatic carbocycles. The van der Waals surface area contributed by atoms with Gasteiger partial charge in [0.15, 0.2) is 9.84 Å². The van der Waals surface area contributed by atoms with Crippen molar-refractivity contribution in [3.63, 3.8) is 0 Å².